The molecule has 2 aromatic rings. The summed E-state index contributed by atoms with van der Waals surface area (Å²) in [7, 11) is 0. The normalized spacial score (nSPS) is 39.8. The molecule has 4 nitrogen and oxygen atoms in total. The van der Waals surface area contributed by atoms with Crippen molar-refractivity contribution in [2.45, 2.75) is 198 Å². The third-order valence-corrected chi connectivity index (χ3v) is 22.4. The first-order chi connectivity index (χ1) is 32.4. The fourth-order valence-electron chi connectivity index (χ4n) is 18.8. The van der Waals surface area contributed by atoms with Crippen molar-refractivity contribution < 1.29 is 9.59 Å². The molecule has 0 aliphatic heterocycles. The molecule has 8 aliphatic carbocycles. The molecule has 368 valence electrons. The zero-order chi connectivity index (χ0) is 47.9. The van der Waals surface area contributed by atoms with E-state index in [-0.39, 0.29) is 10.8 Å². The molecule has 4 heteroatoms. The van der Waals surface area contributed by atoms with Crippen molar-refractivity contribution in [2.75, 3.05) is 0 Å². The summed E-state index contributed by atoms with van der Waals surface area (Å²) < 4.78 is 0. The minimum Gasteiger partial charge on any atom is -0.295 e. The molecule has 68 heavy (non-hydrogen) atoms. The Bertz CT molecular complexity index is 2230. The van der Waals surface area contributed by atoms with Gasteiger partial charge in [-0.1, -0.05) is 132 Å². The van der Waals surface area contributed by atoms with E-state index in [9.17, 15) is 9.59 Å². The van der Waals surface area contributed by atoms with Gasteiger partial charge in [0.25, 0.3) is 0 Å². The lowest BCUT2D eigenvalue weighted by molar-refractivity contribution is -0.129. The molecule has 2 aromatic carbocycles. The molecule has 0 heterocycles. The van der Waals surface area contributed by atoms with Gasteiger partial charge < -0.3 is 0 Å². The zero-order valence-corrected chi connectivity index (χ0v) is 44.4. The van der Waals surface area contributed by atoms with Crippen LogP contribution in [-0.4, -0.2) is 23.0 Å². The molecule has 6 fully saturated rings. The van der Waals surface area contributed by atoms with Gasteiger partial charge in [0.1, 0.15) is 0 Å². The van der Waals surface area contributed by atoms with Crippen LogP contribution in [0.5, 0.6) is 0 Å². The van der Waals surface area contributed by atoms with Crippen LogP contribution in [0.3, 0.4) is 0 Å². The molecular formula is C64H90N2O2. The molecule has 10 rings (SSSR count). The van der Waals surface area contributed by atoms with Gasteiger partial charge in [0.15, 0.2) is 11.6 Å². The number of rotatable bonds is 12. The molecule has 0 radical (unpaired) electrons. The highest BCUT2D eigenvalue weighted by Gasteiger charge is 2.62. The van der Waals surface area contributed by atoms with Gasteiger partial charge in [-0.25, -0.2) is 0 Å². The fraction of sp³-hybridized carbons (Fsp3) is 0.719. The van der Waals surface area contributed by atoms with Gasteiger partial charge in [0, 0.05) is 46.2 Å². The molecule has 0 saturated heterocycles. The third-order valence-electron chi connectivity index (χ3n) is 22.4. The number of hydrogen-bond acceptors (Lipinski definition) is 4. The molecule has 0 amide bonds. The van der Waals surface area contributed by atoms with Crippen molar-refractivity contribution in [1.29, 1.82) is 0 Å². The Labute approximate surface area is 413 Å². The van der Waals surface area contributed by atoms with E-state index in [1.54, 1.807) is 0 Å². The molecule has 6 saturated carbocycles. The number of Topliss-reactive ketones (excluding diaryl/α,β-unsaturated/α-hetero) is 2. The van der Waals surface area contributed by atoms with Crippen molar-refractivity contribution in [3.05, 3.63) is 59.7 Å². The van der Waals surface area contributed by atoms with E-state index in [0.29, 0.717) is 57.9 Å². The highest BCUT2D eigenvalue weighted by atomic mass is 16.1. The first kappa shape index (κ1) is 48.5. The number of nitrogens with zero attached hydrogens (tertiary/aromatic N) is 2. The van der Waals surface area contributed by atoms with Crippen LogP contribution in [0.2, 0.25) is 0 Å². The predicted octanol–water partition coefficient (Wildman–Crippen LogP) is 17.4. The summed E-state index contributed by atoms with van der Waals surface area (Å²) in [4.78, 5) is 39.6. The SMILES string of the molecule is CC(C)CCC[C@@H](C)[C@H]1CC[C@H]2[C@@H]3CC(=O)C4=CC(=Nc5cccc6c(N=C7C=C8C(=O)C[C@H]9[C@@H]%10CC[C@H]([C@H](C)CCCC(C)C)[C@@]%10(C)CC[C@@H]9[C@@]8(C)CC7)cccc56)CC[C@]4(C)[C@H]3CC[C@]12C. The van der Waals surface area contributed by atoms with E-state index in [1.807, 2.05) is 0 Å². The van der Waals surface area contributed by atoms with Gasteiger partial charge in [0.05, 0.1) is 11.4 Å². The second-order valence-corrected chi connectivity index (χ2v) is 26.9. The Morgan fingerprint density at radius 1 is 0.515 bits per heavy atom. The Morgan fingerprint density at radius 2 is 0.926 bits per heavy atom. The van der Waals surface area contributed by atoms with Crippen molar-refractivity contribution in [3.63, 3.8) is 0 Å². The largest absolute Gasteiger partial charge is 0.295 e. The maximum absolute atomic E-state index is 14.4. The van der Waals surface area contributed by atoms with E-state index in [1.165, 1.54) is 89.9 Å². The number of fused-ring (bicyclic) bond motifs is 11. The quantitative estimate of drug-likeness (QED) is 0.213. The molecule has 0 bridgehead atoms. The van der Waals surface area contributed by atoms with Crippen LogP contribution in [-0.2, 0) is 9.59 Å². The standard InChI is InChI=1S/C64H90N2O2/c1-39(2)15-11-17-41(5)49-23-25-51-47-37-59(67)55-35-43(27-31-63(55,9)53(47)29-33-61(49,51)7)65-57-21-13-20-46-45(57)19-14-22-58(46)66-44-28-32-64(10)54-30-34-62(8)50(42(6)18-12-16-40(3)4)24-26-52(62)48(54)38-60(68)56(64)36-44/h13-14,19-22,35-36,39-42,47-54H,11-12,15-18,23-34,37-38H2,1-10H3/t41-,42-,47+,48+,49-,50-,51+,52+,53+,54+,61-,62-,63-,64-/m1/s1. The lowest BCUT2D eigenvalue weighted by atomic mass is 9.46. The van der Waals surface area contributed by atoms with Crippen molar-refractivity contribution >= 4 is 45.1 Å². The lowest BCUT2D eigenvalue weighted by Crippen LogP contribution is -2.53. The highest BCUT2D eigenvalue weighted by molar-refractivity contribution is 6.12. The van der Waals surface area contributed by atoms with Crippen LogP contribution in [0.15, 0.2) is 69.7 Å². The fourth-order valence-corrected chi connectivity index (χ4v) is 18.8. The number of aliphatic imine (C=N–C) groups is 2. The Balaban J connectivity index is 0.853. The van der Waals surface area contributed by atoms with E-state index in [2.05, 4.69) is 118 Å². The number of allylic oxidation sites excluding steroid dienone is 4. The van der Waals surface area contributed by atoms with E-state index >= 15 is 0 Å². The minimum atomic E-state index is -0.0585. The summed E-state index contributed by atoms with van der Waals surface area (Å²) in [6, 6.07) is 12.9. The Kier molecular flexibility index (Phi) is 13.2. The molecule has 0 spiro atoms. The van der Waals surface area contributed by atoms with E-state index < -0.39 is 0 Å². The van der Waals surface area contributed by atoms with Gasteiger partial charge in [-0.2, -0.15) is 0 Å². The van der Waals surface area contributed by atoms with Crippen molar-refractivity contribution in [1.82, 2.24) is 0 Å². The second-order valence-electron chi connectivity index (χ2n) is 26.9. The van der Waals surface area contributed by atoms with Gasteiger partial charge in [-0.15, -0.1) is 0 Å². The zero-order valence-electron chi connectivity index (χ0n) is 44.4. The van der Waals surface area contributed by atoms with Crippen molar-refractivity contribution in [3.8, 4) is 0 Å². The average molecular weight is 919 g/mol. The van der Waals surface area contributed by atoms with Crippen LogP contribution >= 0.6 is 0 Å². The summed E-state index contributed by atoms with van der Waals surface area (Å²) in [5.41, 5.74) is 6.78. The first-order valence-electron chi connectivity index (χ1n) is 28.6. The van der Waals surface area contributed by atoms with Gasteiger partial charge in [0.2, 0.25) is 0 Å². The molecular weight excluding hydrogens is 829 g/mol. The first-order valence-corrected chi connectivity index (χ1v) is 28.6. The predicted molar refractivity (Wildman–Crippen MR) is 285 cm³/mol. The smallest absolute Gasteiger partial charge is 0.159 e. The summed E-state index contributed by atoms with van der Waals surface area (Å²) in [5, 5.41) is 2.20. The van der Waals surface area contributed by atoms with Gasteiger partial charge in [-0.3, -0.25) is 19.6 Å². The third kappa shape index (κ3) is 8.24. The van der Waals surface area contributed by atoms with Gasteiger partial charge >= 0.3 is 0 Å². The summed E-state index contributed by atoms with van der Waals surface area (Å²) in [6.45, 7) is 24.7. The summed E-state index contributed by atoms with van der Waals surface area (Å²) >= 11 is 0. The molecule has 0 N–H and O–H groups in total. The van der Waals surface area contributed by atoms with Crippen LogP contribution in [0.25, 0.3) is 10.8 Å². The molecule has 0 aromatic heterocycles. The van der Waals surface area contributed by atoms with Crippen molar-refractivity contribution in [2.24, 2.45) is 103 Å². The average Bonchev–Trinajstić information content (AvgIpc) is 3.84. The minimum absolute atomic E-state index is 0.0585. The lowest BCUT2D eigenvalue weighted by Gasteiger charge is -2.58. The number of benzene rings is 2. The number of ketones is 2. The monoisotopic (exact) mass is 919 g/mol. The Hall–Kier alpha value is -3.14. The maximum atomic E-state index is 14.4. The second kappa shape index (κ2) is 18.5. The van der Waals surface area contributed by atoms with Crippen LogP contribution in [0, 0.1) is 92.7 Å². The summed E-state index contributed by atoms with van der Waals surface area (Å²) in [5.74, 6) is 9.12. The number of carbonyl (C=O) groups excluding carboxylic acids is 2. The van der Waals surface area contributed by atoms with E-state index in [0.717, 1.165) is 119 Å². The molecule has 8 aliphatic rings. The van der Waals surface area contributed by atoms with Crippen LogP contribution in [0.1, 0.15) is 198 Å². The summed E-state index contributed by atoms with van der Waals surface area (Å²) in [6.07, 6.45) is 28.4. The maximum Gasteiger partial charge on any atom is 0.159 e. The Morgan fingerprint density at radius 3 is 1.32 bits per heavy atom. The van der Waals surface area contributed by atoms with Crippen LogP contribution in [0.4, 0.5) is 11.4 Å². The topological polar surface area (TPSA) is 58.9 Å². The highest BCUT2D eigenvalue weighted by Crippen LogP contribution is 2.69. The van der Waals surface area contributed by atoms with E-state index in [4.69, 9.17) is 9.98 Å². The van der Waals surface area contributed by atoms with Gasteiger partial charge in [-0.05, 0) is 194 Å². The van der Waals surface area contributed by atoms with Crippen LogP contribution < -0.4 is 0 Å². The molecule has 0 unspecified atom stereocenters. The number of hydrogen-bond donors (Lipinski definition) is 0. The number of carbonyl (C=O) groups is 2. The molecule has 14 atom stereocenters.